The Kier molecular flexibility index (Phi) is 4.33. The lowest BCUT2D eigenvalue weighted by atomic mass is 9.91. The molecular weight excluding hydrogens is 204 g/mol. The standard InChI is InChI=1S/C12H22N2O2/c1-4-7-8-9-14-11(16)13-10(15)12(14,5-2)6-3/h4-9H2,1-3H3,(H,13,15,16). The molecule has 3 amide bonds. The van der Waals surface area contributed by atoms with E-state index < -0.39 is 5.54 Å². The maximum atomic E-state index is 11.8. The van der Waals surface area contributed by atoms with Crippen LogP contribution in [0.2, 0.25) is 0 Å². The van der Waals surface area contributed by atoms with Crippen LogP contribution in [0.5, 0.6) is 0 Å². The molecule has 4 nitrogen and oxygen atoms in total. The molecule has 0 atom stereocenters. The van der Waals surface area contributed by atoms with E-state index in [1.165, 1.54) is 0 Å². The Bertz CT molecular complexity index is 272. The van der Waals surface area contributed by atoms with Gasteiger partial charge in [-0.15, -0.1) is 0 Å². The van der Waals surface area contributed by atoms with E-state index in [9.17, 15) is 9.59 Å². The molecule has 4 heteroatoms. The summed E-state index contributed by atoms with van der Waals surface area (Å²) in [6.07, 6.45) is 4.56. The summed E-state index contributed by atoms with van der Waals surface area (Å²) in [5.74, 6) is -0.126. The van der Waals surface area contributed by atoms with Gasteiger partial charge in [0.2, 0.25) is 0 Å². The number of hydrogen-bond donors (Lipinski definition) is 1. The summed E-state index contributed by atoms with van der Waals surface area (Å²) in [5, 5.41) is 2.43. The van der Waals surface area contributed by atoms with Crippen LogP contribution >= 0.6 is 0 Å². The molecule has 1 heterocycles. The highest BCUT2D eigenvalue weighted by Crippen LogP contribution is 2.29. The fourth-order valence-electron chi connectivity index (χ4n) is 2.39. The van der Waals surface area contributed by atoms with Crippen LogP contribution in [0.4, 0.5) is 4.79 Å². The second kappa shape index (κ2) is 5.32. The van der Waals surface area contributed by atoms with Crippen LogP contribution in [0.15, 0.2) is 0 Å². The van der Waals surface area contributed by atoms with Crippen LogP contribution < -0.4 is 5.32 Å². The van der Waals surface area contributed by atoms with Crippen LogP contribution in [-0.4, -0.2) is 28.9 Å². The Hall–Kier alpha value is -1.06. The molecule has 1 N–H and O–H groups in total. The first kappa shape index (κ1) is 13.0. The van der Waals surface area contributed by atoms with E-state index in [4.69, 9.17) is 0 Å². The molecule has 16 heavy (non-hydrogen) atoms. The molecule has 1 saturated heterocycles. The minimum atomic E-state index is -0.592. The monoisotopic (exact) mass is 226 g/mol. The van der Waals surface area contributed by atoms with Gasteiger partial charge in [0.15, 0.2) is 0 Å². The summed E-state index contributed by atoms with van der Waals surface area (Å²) in [6, 6.07) is -0.218. The fourth-order valence-corrected chi connectivity index (χ4v) is 2.39. The van der Waals surface area contributed by atoms with Gasteiger partial charge in [-0.1, -0.05) is 33.6 Å². The predicted octanol–water partition coefficient (Wildman–Crippen LogP) is 2.29. The highest BCUT2D eigenvalue weighted by molar-refractivity contribution is 6.06. The van der Waals surface area contributed by atoms with Gasteiger partial charge in [-0.3, -0.25) is 10.1 Å². The van der Waals surface area contributed by atoms with Crippen molar-refractivity contribution in [2.45, 2.75) is 58.4 Å². The van der Waals surface area contributed by atoms with Gasteiger partial charge in [0.05, 0.1) is 0 Å². The largest absolute Gasteiger partial charge is 0.325 e. The van der Waals surface area contributed by atoms with Crippen molar-refractivity contribution in [1.82, 2.24) is 10.2 Å². The average Bonchev–Trinajstić information content (AvgIpc) is 2.51. The number of unbranched alkanes of at least 4 members (excludes halogenated alkanes) is 2. The van der Waals surface area contributed by atoms with Crippen molar-refractivity contribution in [2.75, 3.05) is 6.54 Å². The molecule has 0 aromatic rings. The summed E-state index contributed by atoms with van der Waals surface area (Å²) in [6.45, 7) is 6.75. The van der Waals surface area contributed by atoms with E-state index in [1.807, 2.05) is 13.8 Å². The Morgan fingerprint density at radius 3 is 2.25 bits per heavy atom. The third-order valence-electron chi connectivity index (χ3n) is 3.56. The Labute approximate surface area is 97.4 Å². The average molecular weight is 226 g/mol. The third-order valence-corrected chi connectivity index (χ3v) is 3.56. The molecule has 0 bridgehead atoms. The maximum absolute atomic E-state index is 11.8. The maximum Gasteiger partial charge on any atom is 0.325 e. The molecule has 1 rings (SSSR count). The van der Waals surface area contributed by atoms with E-state index in [2.05, 4.69) is 12.2 Å². The predicted molar refractivity (Wildman–Crippen MR) is 63.1 cm³/mol. The summed E-state index contributed by atoms with van der Waals surface area (Å²) in [5.41, 5.74) is -0.592. The zero-order valence-corrected chi connectivity index (χ0v) is 10.5. The van der Waals surface area contributed by atoms with Gasteiger partial charge < -0.3 is 4.90 Å². The van der Waals surface area contributed by atoms with E-state index in [0.29, 0.717) is 19.4 Å². The molecule has 0 unspecified atom stereocenters. The van der Waals surface area contributed by atoms with E-state index in [0.717, 1.165) is 19.3 Å². The van der Waals surface area contributed by atoms with Crippen molar-refractivity contribution in [3.8, 4) is 0 Å². The number of amides is 3. The normalized spacial score (nSPS) is 19.1. The van der Waals surface area contributed by atoms with Crippen molar-refractivity contribution >= 4 is 11.9 Å². The van der Waals surface area contributed by atoms with Crippen LogP contribution in [0.1, 0.15) is 52.9 Å². The Balaban J connectivity index is 2.77. The minimum Gasteiger partial charge on any atom is -0.310 e. The highest BCUT2D eigenvalue weighted by Gasteiger charge is 2.49. The molecule has 0 aliphatic carbocycles. The lowest BCUT2D eigenvalue weighted by molar-refractivity contribution is -0.127. The van der Waals surface area contributed by atoms with Gasteiger partial charge >= 0.3 is 6.03 Å². The minimum absolute atomic E-state index is 0.126. The van der Waals surface area contributed by atoms with Crippen molar-refractivity contribution in [3.63, 3.8) is 0 Å². The number of hydrogen-bond acceptors (Lipinski definition) is 2. The lowest BCUT2D eigenvalue weighted by Crippen LogP contribution is -2.49. The molecule has 0 radical (unpaired) electrons. The Morgan fingerprint density at radius 1 is 1.12 bits per heavy atom. The molecule has 0 aromatic carbocycles. The second-order valence-electron chi connectivity index (χ2n) is 4.36. The van der Waals surface area contributed by atoms with E-state index in [-0.39, 0.29) is 11.9 Å². The van der Waals surface area contributed by atoms with E-state index in [1.54, 1.807) is 4.90 Å². The molecule has 0 saturated carbocycles. The van der Waals surface area contributed by atoms with Crippen LogP contribution in [0, 0.1) is 0 Å². The van der Waals surface area contributed by atoms with Crippen molar-refractivity contribution in [2.24, 2.45) is 0 Å². The number of nitrogens with one attached hydrogen (secondary N) is 1. The topological polar surface area (TPSA) is 49.4 Å². The van der Waals surface area contributed by atoms with Gasteiger partial charge in [-0.25, -0.2) is 4.79 Å². The fraction of sp³-hybridized carbons (Fsp3) is 0.833. The highest BCUT2D eigenvalue weighted by atomic mass is 16.2. The molecule has 0 aromatic heterocycles. The first-order valence-corrected chi connectivity index (χ1v) is 6.25. The smallest absolute Gasteiger partial charge is 0.310 e. The second-order valence-corrected chi connectivity index (χ2v) is 4.36. The van der Waals surface area contributed by atoms with Crippen molar-refractivity contribution < 1.29 is 9.59 Å². The number of carbonyl (C=O) groups excluding carboxylic acids is 2. The number of urea groups is 1. The van der Waals surface area contributed by atoms with Crippen molar-refractivity contribution in [3.05, 3.63) is 0 Å². The summed E-state index contributed by atoms with van der Waals surface area (Å²) >= 11 is 0. The SMILES string of the molecule is CCCCCN1C(=O)NC(=O)C1(CC)CC. The van der Waals surface area contributed by atoms with Gasteiger partial charge in [-0.05, 0) is 19.3 Å². The number of imide groups is 1. The van der Waals surface area contributed by atoms with Crippen molar-refractivity contribution in [1.29, 1.82) is 0 Å². The molecule has 0 spiro atoms. The van der Waals surface area contributed by atoms with E-state index >= 15 is 0 Å². The molecular formula is C12H22N2O2. The number of nitrogens with zero attached hydrogens (tertiary/aromatic N) is 1. The first-order valence-electron chi connectivity index (χ1n) is 6.25. The third kappa shape index (κ3) is 2.06. The zero-order chi connectivity index (χ0) is 12.2. The van der Waals surface area contributed by atoms with Crippen LogP contribution in [0.25, 0.3) is 0 Å². The van der Waals surface area contributed by atoms with Gasteiger partial charge in [0, 0.05) is 6.54 Å². The molecule has 1 aliphatic heterocycles. The lowest BCUT2D eigenvalue weighted by Gasteiger charge is -2.33. The zero-order valence-electron chi connectivity index (χ0n) is 10.5. The summed E-state index contributed by atoms with van der Waals surface area (Å²) in [4.78, 5) is 25.3. The summed E-state index contributed by atoms with van der Waals surface area (Å²) in [7, 11) is 0. The Morgan fingerprint density at radius 2 is 1.75 bits per heavy atom. The molecule has 1 fully saturated rings. The van der Waals surface area contributed by atoms with Crippen LogP contribution in [-0.2, 0) is 4.79 Å². The molecule has 1 aliphatic rings. The van der Waals surface area contributed by atoms with Gasteiger partial charge in [-0.2, -0.15) is 0 Å². The van der Waals surface area contributed by atoms with Gasteiger partial charge in [0.1, 0.15) is 5.54 Å². The number of rotatable bonds is 6. The first-order chi connectivity index (χ1) is 7.62. The van der Waals surface area contributed by atoms with Crippen LogP contribution in [0.3, 0.4) is 0 Å². The van der Waals surface area contributed by atoms with Gasteiger partial charge in [0.25, 0.3) is 5.91 Å². The molecule has 92 valence electrons. The number of carbonyl (C=O) groups is 2. The summed E-state index contributed by atoms with van der Waals surface area (Å²) < 4.78 is 0. The quantitative estimate of drug-likeness (QED) is 0.558.